The summed E-state index contributed by atoms with van der Waals surface area (Å²) in [4.78, 5) is 12.6. The van der Waals surface area contributed by atoms with Crippen molar-refractivity contribution in [3.63, 3.8) is 0 Å². The first kappa shape index (κ1) is 23.9. The Hall–Kier alpha value is -0.280. The summed E-state index contributed by atoms with van der Waals surface area (Å²) in [7, 11) is 0. The van der Waals surface area contributed by atoms with Crippen molar-refractivity contribution in [3.05, 3.63) is 66.4 Å². The lowest BCUT2D eigenvalue weighted by atomic mass is 9.90. The Morgan fingerprint density at radius 2 is 1.45 bits per heavy atom. The number of halogens is 7. The summed E-state index contributed by atoms with van der Waals surface area (Å²) in [6.07, 6.45) is 0. The van der Waals surface area contributed by atoms with Gasteiger partial charge in [0.15, 0.2) is 11.3 Å². The quantitative estimate of drug-likeness (QED) is 0.157. The lowest BCUT2D eigenvalue weighted by molar-refractivity contribution is 0.467. The van der Waals surface area contributed by atoms with Crippen LogP contribution in [0.2, 0.25) is 15.1 Å². The molecule has 2 aromatic carbocycles. The maximum Gasteiger partial charge on any atom is 0.210 e. The minimum atomic E-state index is -0.271. The van der Waals surface area contributed by atoms with Gasteiger partial charge in [0.1, 0.15) is 14.7 Å². The fourth-order valence-corrected chi connectivity index (χ4v) is 6.70. The fraction of sp³-hybridized carbons (Fsp3) is 0.0952. The van der Waals surface area contributed by atoms with Crippen LogP contribution in [0.4, 0.5) is 0 Å². The second-order valence-electron chi connectivity index (χ2n) is 6.82. The highest BCUT2D eigenvalue weighted by atomic mass is 79.9. The molecule has 2 aromatic rings. The highest BCUT2D eigenvalue weighted by Crippen LogP contribution is 2.52. The van der Waals surface area contributed by atoms with E-state index in [1.807, 2.05) is 6.92 Å². The normalized spacial score (nSPS) is 11.6. The van der Waals surface area contributed by atoms with Crippen molar-refractivity contribution < 1.29 is 9.52 Å². The van der Waals surface area contributed by atoms with E-state index in [1.54, 1.807) is 19.1 Å². The molecule has 2 aliphatic rings. The van der Waals surface area contributed by atoms with Crippen LogP contribution in [0.3, 0.4) is 0 Å². The maximum absolute atomic E-state index is 12.6. The van der Waals surface area contributed by atoms with Crippen molar-refractivity contribution >= 4 is 109 Å². The highest BCUT2D eigenvalue weighted by molar-refractivity contribution is 9.11. The molecule has 1 N–H and O–H groups in total. The minimum Gasteiger partial charge on any atom is -0.505 e. The molecule has 3 nitrogen and oxygen atoms in total. The van der Waals surface area contributed by atoms with E-state index >= 15 is 0 Å². The van der Waals surface area contributed by atoms with Gasteiger partial charge >= 0.3 is 0 Å². The summed E-state index contributed by atoms with van der Waals surface area (Å²) < 4.78 is 7.47. The van der Waals surface area contributed by atoms with Crippen molar-refractivity contribution in [1.29, 1.82) is 0 Å². The van der Waals surface area contributed by atoms with Gasteiger partial charge in [-0.3, -0.25) is 4.79 Å². The van der Waals surface area contributed by atoms with Gasteiger partial charge in [-0.15, -0.1) is 0 Å². The minimum absolute atomic E-state index is 0.0368. The van der Waals surface area contributed by atoms with Crippen LogP contribution < -0.4 is 5.43 Å². The van der Waals surface area contributed by atoms with Crippen LogP contribution >= 0.6 is 98.5 Å². The van der Waals surface area contributed by atoms with Crippen molar-refractivity contribution in [2.75, 3.05) is 0 Å². The van der Waals surface area contributed by atoms with Gasteiger partial charge in [0, 0.05) is 22.1 Å². The molecule has 10 heteroatoms. The van der Waals surface area contributed by atoms with Gasteiger partial charge in [0.05, 0.1) is 24.0 Å². The molecule has 1 heterocycles. The van der Waals surface area contributed by atoms with Crippen LogP contribution in [-0.4, -0.2) is 5.11 Å². The van der Waals surface area contributed by atoms with E-state index in [-0.39, 0.29) is 15.7 Å². The number of rotatable bonds is 1. The zero-order chi connectivity index (χ0) is 22.9. The molecule has 0 fully saturated rings. The Labute approximate surface area is 225 Å². The van der Waals surface area contributed by atoms with Crippen LogP contribution in [0.15, 0.2) is 39.2 Å². The predicted octanol–water partition coefficient (Wildman–Crippen LogP) is 9.90. The second kappa shape index (κ2) is 8.49. The lowest BCUT2D eigenvalue weighted by Crippen LogP contribution is -2.07. The number of hydrogen-bond acceptors (Lipinski definition) is 3. The molecule has 0 amide bonds. The standard InChI is InChI=1S/C21H9Br4Cl3O3/c1-5-11(15(26)6(2)17(28)16(5)27)12-7-3-9(22)18(29)13(24)20(7)31-21-8(12)4-10(23)19(30)14(21)25/h3-4,29H,1-2H3. The van der Waals surface area contributed by atoms with Crippen LogP contribution in [0.5, 0.6) is 5.75 Å². The fourth-order valence-electron chi connectivity index (χ4n) is 3.45. The lowest BCUT2D eigenvalue weighted by Gasteiger charge is -2.22. The average molecular weight is 735 g/mol. The Kier molecular flexibility index (Phi) is 6.54. The van der Waals surface area contributed by atoms with Crippen molar-refractivity contribution in [2.45, 2.75) is 13.8 Å². The van der Waals surface area contributed by atoms with E-state index in [2.05, 4.69) is 63.7 Å². The topological polar surface area (TPSA) is 50.4 Å². The molecule has 0 saturated carbocycles. The largest absolute Gasteiger partial charge is 0.505 e. The monoisotopic (exact) mass is 730 g/mol. The molecule has 0 unspecified atom stereocenters. The number of benzene rings is 3. The number of fused-ring (bicyclic) bond motifs is 2. The van der Waals surface area contributed by atoms with Crippen LogP contribution in [0.1, 0.15) is 11.1 Å². The predicted molar refractivity (Wildman–Crippen MR) is 142 cm³/mol. The van der Waals surface area contributed by atoms with Crippen molar-refractivity contribution in [1.82, 2.24) is 0 Å². The Morgan fingerprint density at radius 3 is 2.10 bits per heavy atom. The van der Waals surface area contributed by atoms with E-state index in [0.717, 1.165) is 0 Å². The molecule has 4 rings (SSSR count). The summed E-state index contributed by atoms with van der Waals surface area (Å²) in [5.74, 6) is 0.266. The molecule has 0 saturated heterocycles. The first-order valence-corrected chi connectivity index (χ1v) is 12.9. The summed E-state index contributed by atoms with van der Waals surface area (Å²) >= 11 is 33.2. The van der Waals surface area contributed by atoms with Gasteiger partial charge in [-0.2, -0.15) is 0 Å². The van der Waals surface area contributed by atoms with Gasteiger partial charge in [0.2, 0.25) is 5.43 Å². The molecule has 0 aromatic heterocycles. The van der Waals surface area contributed by atoms with E-state index in [9.17, 15) is 9.90 Å². The van der Waals surface area contributed by atoms with Crippen molar-refractivity contribution in [2.24, 2.45) is 0 Å². The van der Waals surface area contributed by atoms with E-state index < -0.39 is 0 Å². The summed E-state index contributed by atoms with van der Waals surface area (Å²) in [6.45, 7) is 3.61. The zero-order valence-corrected chi connectivity index (χ0v) is 24.2. The molecule has 1 aliphatic heterocycles. The maximum atomic E-state index is 12.6. The SMILES string of the molecule is Cc1c(Cl)c(Cl)c(C)c(-c2c3cc(Br)c(=O)c(Br)c-3oc3c(Br)c(O)c(Br)cc23)c1Cl. The van der Waals surface area contributed by atoms with Crippen LogP contribution in [0.25, 0.3) is 33.4 Å². The van der Waals surface area contributed by atoms with Crippen LogP contribution in [-0.2, 0) is 0 Å². The Bertz CT molecular complexity index is 1430. The number of aromatic hydroxyl groups is 1. The Morgan fingerprint density at radius 1 is 0.839 bits per heavy atom. The summed E-state index contributed by atoms with van der Waals surface area (Å²) in [5.41, 5.74) is 3.33. The number of phenols is 1. The Balaban J connectivity index is 2.39. The highest BCUT2D eigenvalue weighted by Gasteiger charge is 2.29. The molecular formula is C21H9Br4Cl3O3. The molecule has 0 atom stereocenters. The smallest absolute Gasteiger partial charge is 0.210 e. The van der Waals surface area contributed by atoms with Gasteiger partial charge in [-0.25, -0.2) is 0 Å². The first-order chi connectivity index (χ1) is 14.5. The van der Waals surface area contributed by atoms with Gasteiger partial charge in [0.25, 0.3) is 0 Å². The average Bonchev–Trinajstić information content (AvgIpc) is 2.74. The zero-order valence-electron chi connectivity index (χ0n) is 15.6. The van der Waals surface area contributed by atoms with Crippen molar-refractivity contribution in [3.8, 4) is 28.2 Å². The van der Waals surface area contributed by atoms with E-state index in [0.29, 0.717) is 73.0 Å². The molecule has 0 bridgehead atoms. The number of hydrogen-bond donors (Lipinski definition) is 1. The molecule has 160 valence electrons. The molecule has 0 spiro atoms. The van der Waals surface area contributed by atoms with E-state index in [1.165, 1.54) is 0 Å². The first-order valence-electron chi connectivity index (χ1n) is 8.56. The van der Waals surface area contributed by atoms with Gasteiger partial charge < -0.3 is 9.52 Å². The van der Waals surface area contributed by atoms with Crippen LogP contribution in [0, 0.1) is 13.8 Å². The molecule has 0 radical (unpaired) electrons. The molecule has 1 aliphatic carbocycles. The van der Waals surface area contributed by atoms with Gasteiger partial charge in [-0.05, 0) is 101 Å². The molecule has 31 heavy (non-hydrogen) atoms. The van der Waals surface area contributed by atoms with E-state index in [4.69, 9.17) is 39.2 Å². The third-order valence-corrected chi connectivity index (χ3v) is 9.21. The second-order valence-corrected chi connectivity index (χ2v) is 11.2. The summed E-state index contributed by atoms with van der Waals surface area (Å²) in [5, 5.41) is 12.3. The van der Waals surface area contributed by atoms with Gasteiger partial charge in [-0.1, -0.05) is 34.8 Å². The molecular weight excluding hydrogens is 726 g/mol. The third-order valence-electron chi connectivity index (χ3n) is 5.05. The summed E-state index contributed by atoms with van der Waals surface area (Å²) in [6, 6.07) is 3.41. The number of phenolic OH excluding ortho intramolecular Hbond substituents is 1. The third kappa shape index (κ3) is 3.59.